The third kappa shape index (κ3) is 7.13. The molecule has 23 heavy (non-hydrogen) atoms. The van der Waals surface area contributed by atoms with Crippen molar-refractivity contribution in [1.82, 2.24) is 15.1 Å². The minimum atomic E-state index is 0. The van der Waals surface area contributed by atoms with E-state index in [-0.39, 0.29) is 24.0 Å². The molecule has 1 unspecified atom stereocenters. The third-order valence-corrected chi connectivity index (χ3v) is 4.50. The van der Waals surface area contributed by atoms with Crippen LogP contribution >= 0.6 is 24.0 Å². The molecular formula is C17H35IN4O. The number of nitrogens with zero attached hydrogens (tertiary/aromatic N) is 3. The molecule has 0 saturated carbocycles. The van der Waals surface area contributed by atoms with Gasteiger partial charge in [-0.15, -0.1) is 24.0 Å². The number of rotatable bonds is 6. The fourth-order valence-electron chi connectivity index (χ4n) is 3.37. The van der Waals surface area contributed by atoms with Crippen molar-refractivity contribution in [3.8, 4) is 0 Å². The molecule has 2 fully saturated rings. The van der Waals surface area contributed by atoms with Gasteiger partial charge in [-0.25, -0.2) is 0 Å². The molecule has 2 heterocycles. The molecule has 136 valence electrons. The van der Waals surface area contributed by atoms with Crippen LogP contribution in [0.3, 0.4) is 0 Å². The van der Waals surface area contributed by atoms with Crippen molar-refractivity contribution in [3.63, 3.8) is 0 Å². The molecular weight excluding hydrogens is 403 g/mol. The van der Waals surface area contributed by atoms with E-state index in [2.05, 4.69) is 35.9 Å². The van der Waals surface area contributed by atoms with Gasteiger partial charge in [0.1, 0.15) is 0 Å². The van der Waals surface area contributed by atoms with Gasteiger partial charge >= 0.3 is 0 Å². The lowest BCUT2D eigenvalue weighted by atomic mass is 10.0. The number of nitrogens with one attached hydrogen (secondary N) is 1. The number of aliphatic imine (C=N–C) groups is 1. The van der Waals surface area contributed by atoms with Crippen LogP contribution in [0.1, 0.15) is 40.0 Å². The van der Waals surface area contributed by atoms with Crippen LogP contribution in [0.25, 0.3) is 0 Å². The molecule has 0 spiro atoms. The topological polar surface area (TPSA) is 40.1 Å². The Morgan fingerprint density at radius 2 is 1.78 bits per heavy atom. The molecule has 0 amide bonds. The van der Waals surface area contributed by atoms with Gasteiger partial charge < -0.3 is 15.0 Å². The van der Waals surface area contributed by atoms with Gasteiger partial charge in [-0.3, -0.25) is 9.89 Å². The van der Waals surface area contributed by atoms with Crippen LogP contribution < -0.4 is 5.32 Å². The fraction of sp³-hybridized carbons (Fsp3) is 0.941. The maximum Gasteiger partial charge on any atom is 0.193 e. The summed E-state index contributed by atoms with van der Waals surface area (Å²) in [6.07, 6.45) is 3.80. The van der Waals surface area contributed by atoms with Gasteiger partial charge in [0, 0.05) is 38.8 Å². The second-order valence-corrected chi connectivity index (χ2v) is 6.82. The summed E-state index contributed by atoms with van der Waals surface area (Å²) in [6.45, 7) is 14.7. The summed E-state index contributed by atoms with van der Waals surface area (Å²) in [4.78, 5) is 9.95. The minimum Gasteiger partial charge on any atom is -0.379 e. The molecule has 2 aliphatic heterocycles. The number of ether oxygens (including phenoxy) is 1. The summed E-state index contributed by atoms with van der Waals surface area (Å²) in [5, 5.41) is 3.47. The third-order valence-electron chi connectivity index (χ3n) is 4.50. The zero-order chi connectivity index (χ0) is 15.8. The number of hydrogen-bond acceptors (Lipinski definition) is 3. The van der Waals surface area contributed by atoms with E-state index in [4.69, 9.17) is 9.73 Å². The summed E-state index contributed by atoms with van der Waals surface area (Å²) >= 11 is 0. The van der Waals surface area contributed by atoms with E-state index in [0.717, 1.165) is 58.4 Å². The summed E-state index contributed by atoms with van der Waals surface area (Å²) < 4.78 is 5.50. The normalized spacial score (nSPS) is 21.4. The molecule has 2 aliphatic rings. The highest BCUT2D eigenvalue weighted by atomic mass is 127. The van der Waals surface area contributed by atoms with Gasteiger partial charge in [0.2, 0.25) is 0 Å². The molecule has 1 atom stereocenters. The van der Waals surface area contributed by atoms with Crippen LogP contribution in [0, 0.1) is 5.92 Å². The average Bonchev–Trinajstić information content (AvgIpc) is 3.05. The lowest BCUT2D eigenvalue weighted by Crippen LogP contribution is -2.46. The number of likely N-dealkylation sites (tertiary alicyclic amines) is 1. The Bertz CT molecular complexity index is 339. The van der Waals surface area contributed by atoms with E-state index in [1.54, 1.807) is 0 Å². The molecule has 5 nitrogen and oxygen atoms in total. The first-order chi connectivity index (χ1) is 10.7. The van der Waals surface area contributed by atoms with Crippen LogP contribution in [0.5, 0.6) is 0 Å². The van der Waals surface area contributed by atoms with Crippen molar-refractivity contribution < 1.29 is 4.74 Å². The van der Waals surface area contributed by atoms with Crippen molar-refractivity contribution >= 4 is 29.9 Å². The van der Waals surface area contributed by atoms with Crippen LogP contribution in [-0.2, 0) is 4.74 Å². The summed E-state index contributed by atoms with van der Waals surface area (Å²) in [7, 11) is 0. The molecule has 0 aliphatic carbocycles. The fourth-order valence-corrected chi connectivity index (χ4v) is 3.37. The van der Waals surface area contributed by atoms with Crippen LogP contribution in [0.15, 0.2) is 4.99 Å². The van der Waals surface area contributed by atoms with Crippen molar-refractivity contribution in [3.05, 3.63) is 0 Å². The second-order valence-electron chi connectivity index (χ2n) is 6.82. The molecule has 0 aromatic heterocycles. The van der Waals surface area contributed by atoms with Gasteiger partial charge in [0.15, 0.2) is 5.96 Å². The molecule has 0 aromatic carbocycles. The predicted molar refractivity (Wildman–Crippen MR) is 108 cm³/mol. The van der Waals surface area contributed by atoms with Crippen LogP contribution in [-0.4, -0.2) is 74.3 Å². The van der Waals surface area contributed by atoms with Gasteiger partial charge in [-0.2, -0.15) is 0 Å². The molecule has 6 heteroatoms. The van der Waals surface area contributed by atoms with Gasteiger partial charge in [-0.05, 0) is 32.1 Å². The quantitative estimate of drug-likeness (QED) is 0.393. The monoisotopic (exact) mass is 438 g/mol. The zero-order valence-electron chi connectivity index (χ0n) is 15.1. The number of morpholine rings is 1. The first-order valence-electron chi connectivity index (χ1n) is 9.05. The first-order valence-corrected chi connectivity index (χ1v) is 9.05. The molecule has 0 radical (unpaired) electrons. The molecule has 2 rings (SSSR count). The van der Waals surface area contributed by atoms with Gasteiger partial charge in [0.25, 0.3) is 0 Å². The first kappa shape index (κ1) is 21.0. The lowest BCUT2D eigenvalue weighted by molar-refractivity contribution is 0.0142. The highest BCUT2D eigenvalue weighted by molar-refractivity contribution is 14.0. The molecule has 0 bridgehead atoms. The predicted octanol–water partition coefficient (Wildman–Crippen LogP) is 2.41. The smallest absolute Gasteiger partial charge is 0.193 e. The standard InChI is InChI=1S/C17H34N4O.HI/c1-4-18-17(21-7-5-6-8-21)19-14-16(13-15(2)3)20-9-11-22-12-10-20;/h15-16H,4-14H2,1-3H3,(H,18,19);1H. The lowest BCUT2D eigenvalue weighted by Gasteiger charge is -2.35. The Labute approximate surface area is 159 Å². The SMILES string of the molecule is CCNC(=NCC(CC(C)C)N1CCOCC1)N1CCCC1.I. The van der Waals surface area contributed by atoms with Crippen LogP contribution in [0.4, 0.5) is 0 Å². The van der Waals surface area contributed by atoms with E-state index >= 15 is 0 Å². The zero-order valence-corrected chi connectivity index (χ0v) is 17.4. The van der Waals surface area contributed by atoms with E-state index in [0.29, 0.717) is 12.0 Å². The Kier molecular flexibility index (Phi) is 10.5. The number of guanidine groups is 1. The summed E-state index contributed by atoms with van der Waals surface area (Å²) in [5.41, 5.74) is 0. The molecule has 1 N–H and O–H groups in total. The average molecular weight is 438 g/mol. The van der Waals surface area contributed by atoms with E-state index in [1.807, 2.05) is 0 Å². The van der Waals surface area contributed by atoms with Crippen molar-refractivity contribution in [2.45, 2.75) is 46.1 Å². The van der Waals surface area contributed by atoms with E-state index < -0.39 is 0 Å². The summed E-state index contributed by atoms with van der Waals surface area (Å²) in [5.74, 6) is 1.82. The van der Waals surface area contributed by atoms with E-state index in [9.17, 15) is 0 Å². The molecule has 2 saturated heterocycles. The van der Waals surface area contributed by atoms with E-state index in [1.165, 1.54) is 19.3 Å². The minimum absolute atomic E-state index is 0. The Hall–Kier alpha value is -0.0800. The maximum absolute atomic E-state index is 5.50. The summed E-state index contributed by atoms with van der Waals surface area (Å²) in [6, 6.07) is 0.542. The Morgan fingerprint density at radius 1 is 1.13 bits per heavy atom. The van der Waals surface area contributed by atoms with Gasteiger partial charge in [0.05, 0.1) is 19.8 Å². The van der Waals surface area contributed by atoms with Crippen LogP contribution in [0.2, 0.25) is 0 Å². The van der Waals surface area contributed by atoms with Gasteiger partial charge in [-0.1, -0.05) is 13.8 Å². The second kappa shape index (κ2) is 11.5. The largest absolute Gasteiger partial charge is 0.379 e. The highest BCUT2D eigenvalue weighted by Crippen LogP contribution is 2.15. The highest BCUT2D eigenvalue weighted by Gasteiger charge is 2.23. The van der Waals surface area contributed by atoms with Crippen molar-refractivity contribution in [2.75, 3.05) is 52.5 Å². The van der Waals surface area contributed by atoms with Crippen molar-refractivity contribution in [1.29, 1.82) is 0 Å². The van der Waals surface area contributed by atoms with Crippen molar-refractivity contribution in [2.24, 2.45) is 10.9 Å². The Balaban J connectivity index is 0.00000264. The molecule has 0 aromatic rings. The Morgan fingerprint density at radius 3 is 2.35 bits per heavy atom. The number of halogens is 1. The maximum atomic E-state index is 5.50. The number of hydrogen-bond donors (Lipinski definition) is 1.